The van der Waals surface area contributed by atoms with Crippen LogP contribution in [0, 0.1) is 5.82 Å². The predicted molar refractivity (Wildman–Crippen MR) is 69.9 cm³/mol. The summed E-state index contributed by atoms with van der Waals surface area (Å²) in [5, 5.41) is 3.02. The van der Waals surface area contributed by atoms with Gasteiger partial charge in [0.25, 0.3) is 0 Å². The summed E-state index contributed by atoms with van der Waals surface area (Å²) in [5.74, 6) is 0.485. The zero-order valence-electron chi connectivity index (χ0n) is 9.87. The summed E-state index contributed by atoms with van der Waals surface area (Å²) in [7, 11) is 1.86. The molecule has 0 saturated heterocycles. The highest BCUT2D eigenvalue weighted by atomic mass is 79.9. The number of rotatable bonds is 5. The van der Waals surface area contributed by atoms with Crippen LogP contribution < -0.4 is 10.1 Å². The van der Waals surface area contributed by atoms with Crippen LogP contribution in [0.5, 0.6) is 5.75 Å². The summed E-state index contributed by atoms with van der Waals surface area (Å²) in [6.45, 7) is 0.943. The van der Waals surface area contributed by atoms with Crippen LogP contribution in [0.25, 0.3) is 0 Å². The van der Waals surface area contributed by atoms with E-state index in [1.54, 1.807) is 18.4 Å². The summed E-state index contributed by atoms with van der Waals surface area (Å²) in [4.78, 5) is 0. The Morgan fingerprint density at radius 3 is 2.94 bits per heavy atom. The van der Waals surface area contributed by atoms with Crippen LogP contribution in [-0.4, -0.2) is 7.05 Å². The van der Waals surface area contributed by atoms with Gasteiger partial charge in [-0.3, -0.25) is 0 Å². The van der Waals surface area contributed by atoms with Crippen molar-refractivity contribution in [2.24, 2.45) is 0 Å². The minimum absolute atomic E-state index is 0.211. The normalized spacial score (nSPS) is 10.6. The van der Waals surface area contributed by atoms with E-state index in [0.717, 1.165) is 12.1 Å². The number of ether oxygens (including phenoxy) is 1. The standard InChI is InChI=1S/C13H13BrFNO2/c1-16-6-9-4-11(17-7-9)8-18-13-3-2-10(14)5-12(13)15/h2-5,7,16H,6,8H2,1H3. The summed E-state index contributed by atoms with van der Waals surface area (Å²) in [6, 6.07) is 6.56. The highest BCUT2D eigenvalue weighted by Gasteiger charge is 2.06. The second-order valence-electron chi connectivity index (χ2n) is 3.82. The quantitative estimate of drug-likeness (QED) is 0.917. The van der Waals surface area contributed by atoms with Gasteiger partial charge in [-0.25, -0.2) is 4.39 Å². The highest BCUT2D eigenvalue weighted by molar-refractivity contribution is 9.10. The van der Waals surface area contributed by atoms with Gasteiger partial charge in [0, 0.05) is 16.6 Å². The Balaban J connectivity index is 1.97. The van der Waals surface area contributed by atoms with Gasteiger partial charge in [0.05, 0.1) is 6.26 Å². The van der Waals surface area contributed by atoms with Crippen LogP contribution in [0.2, 0.25) is 0 Å². The molecule has 0 saturated carbocycles. The molecule has 5 heteroatoms. The second kappa shape index (κ2) is 6.02. The predicted octanol–water partition coefficient (Wildman–Crippen LogP) is 3.48. The van der Waals surface area contributed by atoms with E-state index >= 15 is 0 Å². The molecular formula is C13H13BrFNO2. The summed E-state index contributed by atoms with van der Waals surface area (Å²) in [5.41, 5.74) is 1.03. The average Bonchev–Trinajstić information content (AvgIpc) is 2.76. The molecule has 0 aliphatic heterocycles. The Hall–Kier alpha value is -1.33. The van der Waals surface area contributed by atoms with E-state index in [2.05, 4.69) is 21.2 Å². The Bertz CT molecular complexity index is 527. The third-order valence-corrected chi connectivity index (χ3v) is 2.85. The van der Waals surface area contributed by atoms with E-state index in [-0.39, 0.29) is 12.4 Å². The molecule has 0 radical (unpaired) electrons. The molecule has 1 aromatic heterocycles. The summed E-state index contributed by atoms with van der Waals surface area (Å²) >= 11 is 3.19. The maximum absolute atomic E-state index is 13.5. The Morgan fingerprint density at radius 1 is 1.39 bits per heavy atom. The van der Waals surface area contributed by atoms with E-state index in [0.29, 0.717) is 10.2 Å². The number of halogens is 2. The molecule has 0 aliphatic rings. The van der Waals surface area contributed by atoms with Crippen molar-refractivity contribution in [2.75, 3.05) is 7.05 Å². The first-order valence-electron chi connectivity index (χ1n) is 5.48. The van der Waals surface area contributed by atoms with E-state index in [9.17, 15) is 4.39 Å². The van der Waals surface area contributed by atoms with Crippen molar-refractivity contribution in [1.82, 2.24) is 5.32 Å². The van der Waals surface area contributed by atoms with Crippen LogP contribution in [0.3, 0.4) is 0 Å². The van der Waals surface area contributed by atoms with Gasteiger partial charge in [0.2, 0.25) is 0 Å². The fourth-order valence-electron chi connectivity index (χ4n) is 1.54. The van der Waals surface area contributed by atoms with Crippen LogP contribution >= 0.6 is 15.9 Å². The van der Waals surface area contributed by atoms with E-state index in [1.165, 1.54) is 6.07 Å². The van der Waals surface area contributed by atoms with Crippen molar-refractivity contribution >= 4 is 15.9 Å². The number of hydrogen-bond donors (Lipinski definition) is 1. The topological polar surface area (TPSA) is 34.4 Å². The minimum atomic E-state index is -0.397. The van der Waals surface area contributed by atoms with Crippen molar-refractivity contribution in [3.63, 3.8) is 0 Å². The van der Waals surface area contributed by atoms with Crippen LogP contribution in [0.1, 0.15) is 11.3 Å². The van der Waals surface area contributed by atoms with E-state index in [1.807, 2.05) is 13.1 Å². The van der Waals surface area contributed by atoms with Gasteiger partial charge in [-0.1, -0.05) is 15.9 Å². The molecule has 0 fully saturated rings. The molecule has 0 bridgehead atoms. The van der Waals surface area contributed by atoms with Gasteiger partial charge in [-0.05, 0) is 31.3 Å². The molecule has 0 aliphatic carbocycles. The molecule has 2 aromatic rings. The first kappa shape index (κ1) is 13.1. The molecular weight excluding hydrogens is 301 g/mol. The van der Waals surface area contributed by atoms with Gasteiger partial charge in [-0.15, -0.1) is 0 Å². The lowest BCUT2D eigenvalue weighted by atomic mass is 10.3. The zero-order valence-corrected chi connectivity index (χ0v) is 11.5. The zero-order chi connectivity index (χ0) is 13.0. The Labute approximate surface area is 113 Å². The van der Waals surface area contributed by atoms with E-state index in [4.69, 9.17) is 9.15 Å². The maximum Gasteiger partial charge on any atom is 0.166 e. The molecule has 0 atom stereocenters. The molecule has 3 nitrogen and oxygen atoms in total. The van der Waals surface area contributed by atoms with E-state index < -0.39 is 5.82 Å². The molecule has 2 rings (SSSR count). The van der Waals surface area contributed by atoms with Crippen molar-refractivity contribution in [3.05, 3.63) is 52.1 Å². The lowest BCUT2D eigenvalue weighted by molar-refractivity contribution is 0.258. The largest absolute Gasteiger partial charge is 0.483 e. The van der Waals surface area contributed by atoms with Gasteiger partial charge < -0.3 is 14.5 Å². The fraction of sp³-hybridized carbons (Fsp3) is 0.231. The highest BCUT2D eigenvalue weighted by Crippen LogP contribution is 2.22. The number of benzene rings is 1. The lowest BCUT2D eigenvalue weighted by Crippen LogP contribution is -2.03. The SMILES string of the molecule is CNCc1coc(COc2ccc(Br)cc2F)c1. The molecule has 0 amide bonds. The third kappa shape index (κ3) is 3.34. The minimum Gasteiger partial charge on any atom is -0.483 e. The summed E-state index contributed by atoms with van der Waals surface area (Å²) < 4.78 is 24.8. The van der Waals surface area contributed by atoms with Crippen LogP contribution in [0.4, 0.5) is 4.39 Å². The third-order valence-electron chi connectivity index (χ3n) is 2.35. The molecule has 1 heterocycles. The molecule has 1 aromatic carbocycles. The second-order valence-corrected chi connectivity index (χ2v) is 4.73. The van der Waals surface area contributed by atoms with Crippen molar-refractivity contribution < 1.29 is 13.5 Å². The van der Waals surface area contributed by atoms with Gasteiger partial charge in [0.15, 0.2) is 11.6 Å². The molecule has 0 spiro atoms. The average molecular weight is 314 g/mol. The van der Waals surface area contributed by atoms with Gasteiger partial charge in [0.1, 0.15) is 12.4 Å². The summed E-state index contributed by atoms with van der Waals surface area (Å²) in [6.07, 6.45) is 1.66. The van der Waals surface area contributed by atoms with Gasteiger partial charge in [-0.2, -0.15) is 0 Å². The maximum atomic E-state index is 13.5. The van der Waals surface area contributed by atoms with Crippen molar-refractivity contribution in [3.8, 4) is 5.75 Å². The number of hydrogen-bond acceptors (Lipinski definition) is 3. The molecule has 18 heavy (non-hydrogen) atoms. The molecule has 1 N–H and O–H groups in total. The van der Waals surface area contributed by atoms with Gasteiger partial charge >= 0.3 is 0 Å². The van der Waals surface area contributed by atoms with Crippen LogP contribution in [-0.2, 0) is 13.2 Å². The number of furan rings is 1. The Morgan fingerprint density at radius 2 is 2.22 bits per heavy atom. The number of nitrogens with one attached hydrogen (secondary N) is 1. The van der Waals surface area contributed by atoms with Crippen molar-refractivity contribution in [2.45, 2.75) is 13.2 Å². The Kier molecular flexibility index (Phi) is 4.38. The lowest BCUT2D eigenvalue weighted by Gasteiger charge is -2.05. The smallest absolute Gasteiger partial charge is 0.166 e. The first-order chi connectivity index (χ1) is 8.69. The van der Waals surface area contributed by atoms with Crippen LogP contribution in [0.15, 0.2) is 39.4 Å². The monoisotopic (exact) mass is 313 g/mol. The first-order valence-corrected chi connectivity index (χ1v) is 6.27. The van der Waals surface area contributed by atoms with Crippen molar-refractivity contribution in [1.29, 1.82) is 0 Å². The molecule has 96 valence electrons. The molecule has 0 unspecified atom stereocenters. The fourth-order valence-corrected chi connectivity index (χ4v) is 1.87.